The second kappa shape index (κ2) is 26.4. The van der Waals surface area contributed by atoms with Gasteiger partial charge in [-0.2, -0.15) is 0 Å². The highest BCUT2D eigenvalue weighted by Gasteiger charge is 2.46. The SMILES string of the molecule is CC1(C)c2ccccc2-c2ccc(-n3c4ccccc4c4cc(-c5ccc6c(c5)c5ccccc5n6-c5ccc(-c6ccccc6)cc5)ccc43)cc21.c1ccc(-c2ccc(-n3c4ccccc4c4cc(-c5ccc6c(c5)c5ccccc5n6-c5ccc6c(c5)C(c5ccccc5)(c5ccccc5)c5ccccc5-6)ccc43)cc2)cc1. The van der Waals surface area contributed by atoms with Crippen LogP contribution in [0.5, 0.6) is 0 Å². The van der Waals surface area contributed by atoms with Gasteiger partial charge in [0.1, 0.15) is 0 Å². The molecule has 0 bridgehead atoms. The first-order valence-electron chi connectivity index (χ1n) is 40.4. The van der Waals surface area contributed by atoms with Gasteiger partial charge in [-0.3, -0.25) is 0 Å². The van der Waals surface area contributed by atoms with Crippen LogP contribution in [0.2, 0.25) is 0 Å². The summed E-state index contributed by atoms with van der Waals surface area (Å²) < 4.78 is 9.72. The van der Waals surface area contributed by atoms with Gasteiger partial charge in [-0.25, -0.2) is 0 Å². The summed E-state index contributed by atoms with van der Waals surface area (Å²) in [7, 11) is 0. The highest BCUT2D eigenvalue weighted by Crippen LogP contribution is 2.57. The van der Waals surface area contributed by atoms with E-state index >= 15 is 0 Å². The maximum absolute atomic E-state index is 2.47. The van der Waals surface area contributed by atoms with Crippen molar-refractivity contribution in [3.05, 3.63) is 458 Å². The Balaban J connectivity index is 0.000000139. The summed E-state index contributed by atoms with van der Waals surface area (Å²) in [6, 6.07) is 157. The molecule has 24 rings (SSSR count). The number of benzene rings is 18. The average Bonchev–Trinajstić information content (AvgIpc) is 1.58. The van der Waals surface area contributed by atoms with Gasteiger partial charge in [0, 0.05) is 71.3 Å². The molecule has 4 heteroatoms. The first-order chi connectivity index (χ1) is 57.3. The van der Waals surface area contributed by atoms with Crippen LogP contribution in [0.3, 0.4) is 0 Å². The van der Waals surface area contributed by atoms with Gasteiger partial charge in [-0.15, -0.1) is 0 Å². The minimum absolute atomic E-state index is 0.0543. The topological polar surface area (TPSA) is 19.7 Å². The number of rotatable bonds is 10. The molecule has 544 valence electrons. The fraction of sp³-hybridized carbons (Fsp3) is 0.0357. The van der Waals surface area contributed by atoms with Crippen LogP contribution in [-0.2, 0) is 10.8 Å². The first-order valence-corrected chi connectivity index (χ1v) is 40.4. The van der Waals surface area contributed by atoms with Gasteiger partial charge in [0.15, 0.2) is 0 Å². The molecule has 0 radical (unpaired) electrons. The number of hydrogen-bond acceptors (Lipinski definition) is 0. The van der Waals surface area contributed by atoms with Gasteiger partial charge in [0.25, 0.3) is 0 Å². The number of aromatic nitrogens is 4. The van der Waals surface area contributed by atoms with E-state index in [0.717, 1.165) is 17.1 Å². The third kappa shape index (κ3) is 10.3. The lowest BCUT2D eigenvalue weighted by Crippen LogP contribution is -2.28. The third-order valence-corrected chi connectivity index (χ3v) is 25.3. The Hall–Kier alpha value is -14.8. The summed E-state index contributed by atoms with van der Waals surface area (Å²) >= 11 is 0. The second-order valence-corrected chi connectivity index (χ2v) is 31.8. The number of nitrogens with zero attached hydrogens (tertiary/aromatic N) is 4. The Labute approximate surface area is 673 Å². The Kier molecular flexibility index (Phi) is 15.2. The molecule has 0 amide bonds. The van der Waals surface area contributed by atoms with Gasteiger partial charge in [-0.05, 0) is 221 Å². The molecule has 2 aliphatic carbocycles. The molecule has 0 unspecified atom stereocenters. The van der Waals surface area contributed by atoms with Crippen LogP contribution in [0.1, 0.15) is 47.2 Å². The maximum Gasteiger partial charge on any atom is 0.0714 e. The molecule has 4 heterocycles. The number of fused-ring (bicyclic) bond motifs is 18. The summed E-state index contributed by atoms with van der Waals surface area (Å²) in [4.78, 5) is 0. The Morgan fingerprint density at radius 1 is 0.164 bits per heavy atom. The van der Waals surface area contributed by atoms with E-state index < -0.39 is 5.41 Å². The number of hydrogen-bond donors (Lipinski definition) is 0. The van der Waals surface area contributed by atoms with E-state index in [-0.39, 0.29) is 5.41 Å². The van der Waals surface area contributed by atoms with Gasteiger partial charge in [0.2, 0.25) is 0 Å². The number of para-hydroxylation sites is 4. The molecule has 116 heavy (non-hydrogen) atoms. The Morgan fingerprint density at radius 3 is 0.810 bits per heavy atom. The molecule has 0 N–H and O–H groups in total. The van der Waals surface area contributed by atoms with Crippen LogP contribution in [0.15, 0.2) is 425 Å². The summed E-state index contributed by atoms with van der Waals surface area (Å²) in [6.45, 7) is 4.71. The Morgan fingerprint density at radius 2 is 0.422 bits per heavy atom. The molecule has 0 spiro atoms. The van der Waals surface area contributed by atoms with Crippen LogP contribution >= 0.6 is 0 Å². The molecule has 2 aliphatic rings. The fourth-order valence-electron chi connectivity index (χ4n) is 20.0. The van der Waals surface area contributed by atoms with Crippen LogP contribution in [-0.4, -0.2) is 18.3 Å². The lowest BCUT2D eigenvalue weighted by Gasteiger charge is -2.34. The van der Waals surface area contributed by atoms with Crippen molar-refractivity contribution >= 4 is 87.2 Å². The molecular weight excluding hydrogens is 1400 g/mol. The standard InChI is InChI=1S/C61H40N2.C51H36N2/c1-4-16-41(17-5-1)42-28-32-47(33-29-42)62-57-26-14-11-23-51(57)53-38-43(30-36-59(53)62)44-31-37-60-54(39-44)52-24-12-15-27-58(52)63(60)48-34-35-50-49-22-10-13-25-55(49)61(56(50)40-48,45-18-6-2-7-19-45)46-20-8-3-9-21-46;1-51(2)45-17-9-6-14-39(45)40-27-26-38(32-46(40)51)53-48-19-11-8-16-42(48)44-31-36(23-29-50(44)53)35-22-28-49-43(30-35)41-15-7-10-18-47(41)52(49)37-24-20-34(21-25-37)33-12-4-3-5-13-33/h1-40H;3-32H,1-2H3. The summed E-state index contributed by atoms with van der Waals surface area (Å²) in [5, 5.41) is 10.0. The van der Waals surface area contributed by atoms with Crippen LogP contribution < -0.4 is 0 Å². The second-order valence-electron chi connectivity index (χ2n) is 31.8. The van der Waals surface area contributed by atoms with Crippen molar-refractivity contribution in [2.45, 2.75) is 24.7 Å². The van der Waals surface area contributed by atoms with Crippen molar-refractivity contribution in [3.8, 4) is 89.5 Å². The molecule has 18 aromatic carbocycles. The molecule has 4 nitrogen and oxygen atoms in total. The Bertz CT molecular complexity index is 7640. The highest BCUT2D eigenvalue weighted by molar-refractivity contribution is 6.15. The average molecular weight is 1480 g/mol. The summed E-state index contributed by atoms with van der Waals surface area (Å²) in [5.41, 5.74) is 36.8. The van der Waals surface area contributed by atoms with E-state index in [1.165, 1.54) is 193 Å². The minimum atomic E-state index is -0.468. The van der Waals surface area contributed by atoms with Gasteiger partial charge in [-0.1, -0.05) is 317 Å². The van der Waals surface area contributed by atoms with Crippen molar-refractivity contribution in [1.82, 2.24) is 18.3 Å². The van der Waals surface area contributed by atoms with Crippen LogP contribution in [0.4, 0.5) is 0 Å². The summed E-state index contributed by atoms with van der Waals surface area (Å²) in [5.74, 6) is 0. The molecule has 0 saturated carbocycles. The van der Waals surface area contributed by atoms with Crippen molar-refractivity contribution < 1.29 is 0 Å². The van der Waals surface area contributed by atoms with Crippen molar-refractivity contribution in [2.75, 3.05) is 0 Å². The monoisotopic (exact) mass is 1480 g/mol. The zero-order valence-electron chi connectivity index (χ0n) is 64.2. The van der Waals surface area contributed by atoms with E-state index in [4.69, 9.17) is 0 Å². The first kappa shape index (κ1) is 66.9. The van der Waals surface area contributed by atoms with Gasteiger partial charge in [0.05, 0.1) is 49.5 Å². The molecule has 0 atom stereocenters. The minimum Gasteiger partial charge on any atom is -0.309 e. The molecule has 22 aromatic rings. The smallest absolute Gasteiger partial charge is 0.0714 e. The fourth-order valence-corrected chi connectivity index (χ4v) is 20.0. The predicted octanol–water partition coefficient (Wildman–Crippen LogP) is 29.1. The van der Waals surface area contributed by atoms with E-state index in [9.17, 15) is 0 Å². The van der Waals surface area contributed by atoms with Gasteiger partial charge >= 0.3 is 0 Å². The van der Waals surface area contributed by atoms with Crippen molar-refractivity contribution in [1.29, 1.82) is 0 Å². The van der Waals surface area contributed by atoms with E-state index in [1.807, 2.05) is 0 Å². The van der Waals surface area contributed by atoms with E-state index in [0.29, 0.717) is 0 Å². The quantitative estimate of drug-likeness (QED) is 0.130. The largest absolute Gasteiger partial charge is 0.309 e. The lowest BCUT2D eigenvalue weighted by atomic mass is 9.67. The molecule has 0 fully saturated rings. The third-order valence-electron chi connectivity index (χ3n) is 25.3. The van der Waals surface area contributed by atoms with Crippen molar-refractivity contribution in [2.24, 2.45) is 0 Å². The summed E-state index contributed by atoms with van der Waals surface area (Å²) in [6.07, 6.45) is 0. The normalized spacial score (nSPS) is 13.1. The zero-order chi connectivity index (χ0) is 76.7. The van der Waals surface area contributed by atoms with E-state index in [1.54, 1.807) is 0 Å². The predicted molar refractivity (Wildman–Crippen MR) is 487 cm³/mol. The van der Waals surface area contributed by atoms with Crippen LogP contribution in [0, 0.1) is 0 Å². The molecule has 0 aliphatic heterocycles. The zero-order valence-corrected chi connectivity index (χ0v) is 64.2. The maximum atomic E-state index is 2.47. The van der Waals surface area contributed by atoms with Crippen LogP contribution in [0.25, 0.3) is 177 Å². The lowest BCUT2D eigenvalue weighted by molar-refractivity contribution is 0.660. The molecular formula is C112H76N4. The van der Waals surface area contributed by atoms with Gasteiger partial charge < -0.3 is 18.3 Å². The molecule has 0 saturated heterocycles. The van der Waals surface area contributed by atoms with E-state index in [2.05, 4.69) is 457 Å². The molecule has 4 aromatic heterocycles. The van der Waals surface area contributed by atoms with Crippen molar-refractivity contribution in [3.63, 3.8) is 0 Å². The highest BCUT2D eigenvalue weighted by atomic mass is 15.0.